The van der Waals surface area contributed by atoms with Crippen LogP contribution in [0.15, 0.2) is 24.3 Å². The first-order chi connectivity index (χ1) is 11.9. The molecule has 5 nitrogen and oxygen atoms in total. The van der Waals surface area contributed by atoms with Crippen LogP contribution in [0, 0.1) is 11.3 Å². The summed E-state index contributed by atoms with van der Waals surface area (Å²) < 4.78 is 43.5. The van der Waals surface area contributed by atoms with Crippen molar-refractivity contribution in [3.05, 3.63) is 35.4 Å². The maximum Gasteiger partial charge on any atom is 0.416 e. The molecule has 0 saturated carbocycles. The monoisotopic (exact) mass is 369 g/mol. The van der Waals surface area contributed by atoms with Gasteiger partial charge in [-0.1, -0.05) is 12.1 Å². The molecule has 1 unspecified atom stereocenters. The molecule has 1 saturated heterocycles. The Morgan fingerprint density at radius 2 is 1.81 bits per heavy atom. The Morgan fingerprint density at radius 1 is 1.23 bits per heavy atom. The second-order valence-corrected chi connectivity index (χ2v) is 7.19. The van der Waals surface area contributed by atoms with E-state index in [1.54, 1.807) is 32.6 Å². The third-order valence-electron chi connectivity index (χ3n) is 4.17. The van der Waals surface area contributed by atoms with Crippen LogP contribution in [0.2, 0.25) is 0 Å². The largest absolute Gasteiger partial charge is 0.444 e. The van der Waals surface area contributed by atoms with E-state index in [0.29, 0.717) is 18.7 Å². The van der Waals surface area contributed by atoms with E-state index in [1.165, 1.54) is 17.0 Å². The Hall–Kier alpha value is -2.27. The first-order valence-corrected chi connectivity index (χ1v) is 8.26. The summed E-state index contributed by atoms with van der Waals surface area (Å²) in [6.07, 6.45) is -5.30. The normalized spacial score (nSPS) is 19.9. The summed E-state index contributed by atoms with van der Waals surface area (Å²) >= 11 is 0. The molecule has 1 aliphatic rings. The number of benzene rings is 1. The lowest BCUT2D eigenvalue weighted by Crippen LogP contribution is -2.43. The Labute approximate surface area is 150 Å². The van der Waals surface area contributed by atoms with Crippen LogP contribution in [0.1, 0.15) is 44.9 Å². The predicted octanol–water partition coefficient (Wildman–Crippen LogP) is 4.17. The molecule has 1 amide bonds. The average molecular weight is 369 g/mol. The second kappa shape index (κ2) is 7.16. The number of ether oxygens (including phenoxy) is 1. The van der Waals surface area contributed by atoms with Crippen molar-refractivity contribution in [1.82, 2.24) is 9.80 Å². The third kappa shape index (κ3) is 4.47. The zero-order chi connectivity index (χ0) is 19.7. The lowest BCUT2D eigenvalue weighted by atomic mass is 10.0. The number of hydrogen-bond donors (Lipinski definition) is 0. The van der Waals surface area contributed by atoms with Gasteiger partial charge in [-0.2, -0.15) is 18.4 Å². The molecule has 0 aromatic heterocycles. The van der Waals surface area contributed by atoms with Crippen LogP contribution >= 0.6 is 0 Å². The molecule has 0 aliphatic carbocycles. The quantitative estimate of drug-likeness (QED) is 0.785. The molecule has 1 aromatic rings. The number of carbonyl (C=O) groups excluding carboxylic acids is 1. The molecule has 1 heterocycles. The van der Waals surface area contributed by atoms with Gasteiger partial charge in [0.15, 0.2) is 0 Å². The molecule has 2 rings (SSSR count). The van der Waals surface area contributed by atoms with E-state index in [0.717, 1.165) is 12.1 Å². The van der Waals surface area contributed by atoms with Gasteiger partial charge in [-0.15, -0.1) is 0 Å². The second-order valence-electron chi connectivity index (χ2n) is 7.19. The predicted molar refractivity (Wildman–Crippen MR) is 88.9 cm³/mol. The Kier molecular flexibility index (Phi) is 5.52. The van der Waals surface area contributed by atoms with Crippen molar-refractivity contribution in [2.75, 3.05) is 13.1 Å². The topological polar surface area (TPSA) is 56.6 Å². The lowest BCUT2D eigenvalue weighted by molar-refractivity contribution is -0.137. The lowest BCUT2D eigenvalue weighted by Gasteiger charge is -2.31. The Balaban J connectivity index is 2.16. The van der Waals surface area contributed by atoms with E-state index < -0.39 is 35.6 Å². The summed E-state index contributed by atoms with van der Waals surface area (Å²) in [5, 5.41) is 9.55. The van der Waals surface area contributed by atoms with Crippen molar-refractivity contribution in [2.45, 2.75) is 51.7 Å². The first-order valence-electron chi connectivity index (χ1n) is 8.26. The molecule has 8 heteroatoms. The van der Waals surface area contributed by atoms with Crippen molar-refractivity contribution in [3.63, 3.8) is 0 Å². The van der Waals surface area contributed by atoms with Gasteiger partial charge in [0.25, 0.3) is 0 Å². The maximum absolute atomic E-state index is 12.7. The van der Waals surface area contributed by atoms with E-state index in [4.69, 9.17) is 4.74 Å². The minimum absolute atomic E-state index is 0.384. The van der Waals surface area contributed by atoms with E-state index >= 15 is 0 Å². The molecular weight excluding hydrogens is 347 g/mol. The van der Waals surface area contributed by atoms with Gasteiger partial charge in [0.05, 0.1) is 17.8 Å². The van der Waals surface area contributed by atoms with Crippen LogP contribution in [0.25, 0.3) is 0 Å². The number of amides is 1. The highest BCUT2D eigenvalue weighted by Crippen LogP contribution is 2.32. The van der Waals surface area contributed by atoms with Gasteiger partial charge in [-0.3, -0.25) is 9.80 Å². The molecule has 0 spiro atoms. The first kappa shape index (κ1) is 20.0. The van der Waals surface area contributed by atoms with Crippen molar-refractivity contribution in [2.24, 2.45) is 0 Å². The molecule has 1 aromatic carbocycles. The number of carbonyl (C=O) groups is 1. The zero-order valence-corrected chi connectivity index (χ0v) is 15.2. The van der Waals surface area contributed by atoms with Gasteiger partial charge in [-0.05, 0) is 45.4 Å². The highest BCUT2D eigenvalue weighted by molar-refractivity contribution is 5.68. The number of rotatable bonds is 2. The summed E-state index contributed by atoms with van der Waals surface area (Å²) in [4.78, 5) is 15.6. The van der Waals surface area contributed by atoms with Crippen molar-refractivity contribution >= 4 is 6.09 Å². The van der Waals surface area contributed by atoms with Gasteiger partial charge in [-0.25, -0.2) is 4.79 Å². The van der Waals surface area contributed by atoms with Crippen LogP contribution in [0.5, 0.6) is 0 Å². The number of nitrogens with zero attached hydrogens (tertiary/aromatic N) is 3. The van der Waals surface area contributed by atoms with E-state index in [-0.39, 0.29) is 0 Å². The molecular formula is C18H22F3N3O2. The van der Waals surface area contributed by atoms with E-state index in [1.807, 2.05) is 0 Å². The molecule has 26 heavy (non-hydrogen) atoms. The minimum Gasteiger partial charge on any atom is -0.444 e. The summed E-state index contributed by atoms with van der Waals surface area (Å²) in [6.45, 7) is 7.89. The fraction of sp³-hybridized carbons (Fsp3) is 0.556. The van der Waals surface area contributed by atoms with E-state index in [9.17, 15) is 23.2 Å². The highest BCUT2D eigenvalue weighted by Gasteiger charge is 2.39. The fourth-order valence-electron chi connectivity index (χ4n) is 2.88. The number of nitriles is 1. The average Bonchev–Trinajstić information content (AvgIpc) is 2.88. The molecule has 142 valence electrons. The van der Waals surface area contributed by atoms with Gasteiger partial charge < -0.3 is 4.74 Å². The molecule has 1 fully saturated rings. The fourth-order valence-corrected chi connectivity index (χ4v) is 2.88. The summed E-state index contributed by atoms with van der Waals surface area (Å²) in [5.74, 6) is 0. The third-order valence-corrected chi connectivity index (χ3v) is 4.17. The zero-order valence-electron chi connectivity index (χ0n) is 15.2. The molecule has 0 bridgehead atoms. The maximum atomic E-state index is 12.7. The Morgan fingerprint density at radius 3 is 2.27 bits per heavy atom. The molecule has 2 atom stereocenters. The Bertz CT molecular complexity index is 690. The van der Waals surface area contributed by atoms with Crippen LogP contribution in [-0.4, -0.2) is 40.7 Å². The van der Waals surface area contributed by atoms with Crippen molar-refractivity contribution < 1.29 is 22.7 Å². The van der Waals surface area contributed by atoms with Gasteiger partial charge >= 0.3 is 12.3 Å². The van der Waals surface area contributed by atoms with Gasteiger partial charge in [0.2, 0.25) is 0 Å². The standard InChI is InChI=1S/C18H22F3N3O2/c1-12-23(9-10-24(12)16(25)26-17(2,3)4)15(11-22)13-5-7-14(8-6-13)18(19,20)21/h5-8,12,15H,9-10H2,1-4H3/t12-,15?/m1/s1. The minimum atomic E-state index is -4.42. The SMILES string of the molecule is C[C@H]1N(C(=O)OC(C)(C)C)CCN1C(C#N)c1ccc(C(F)(F)F)cc1. The van der Waals surface area contributed by atoms with Crippen LogP contribution in [0.3, 0.4) is 0 Å². The smallest absolute Gasteiger partial charge is 0.416 e. The van der Waals surface area contributed by atoms with E-state index in [2.05, 4.69) is 6.07 Å². The number of hydrogen-bond acceptors (Lipinski definition) is 4. The molecule has 0 N–H and O–H groups in total. The van der Waals surface area contributed by atoms with Crippen LogP contribution in [0.4, 0.5) is 18.0 Å². The summed E-state index contributed by atoms with van der Waals surface area (Å²) in [7, 11) is 0. The van der Waals surface area contributed by atoms with Gasteiger partial charge in [0.1, 0.15) is 11.6 Å². The van der Waals surface area contributed by atoms with Crippen molar-refractivity contribution in [1.29, 1.82) is 5.26 Å². The summed E-state index contributed by atoms with van der Waals surface area (Å²) in [5.41, 5.74) is -0.937. The number of halogens is 3. The van der Waals surface area contributed by atoms with Crippen LogP contribution in [-0.2, 0) is 10.9 Å². The van der Waals surface area contributed by atoms with Crippen molar-refractivity contribution in [3.8, 4) is 6.07 Å². The molecule has 1 aliphatic heterocycles. The van der Waals surface area contributed by atoms with Crippen LogP contribution < -0.4 is 0 Å². The number of alkyl halides is 3. The highest BCUT2D eigenvalue weighted by atomic mass is 19.4. The summed E-state index contributed by atoms with van der Waals surface area (Å²) in [6, 6.07) is 5.91. The van der Waals surface area contributed by atoms with Gasteiger partial charge in [0, 0.05) is 13.1 Å². The molecule has 0 radical (unpaired) electrons.